The van der Waals surface area contributed by atoms with Crippen molar-refractivity contribution >= 4 is 34.1 Å². The molecule has 0 saturated carbocycles. The van der Waals surface area contributed by atoms with Gasteiger partial charge in [-0.15, -0.1) is 0 Å². The van der Waals surface area contributed by atoms with E-state index in [4.69, 9.17) is 11.6 Å². The van der Waals surface area contributed by atoms with Crippen molar-refractivity contribution in [2.75, 3.05) is 0 Å². The van der Waals surface area contributed by atoms with Crippen LogP contribution in [0.25, 0.3) is 10.9 Å². The number of hydrogen-bond acceptors (Lipinski definition) is 5. The lowest BCUT2D eigenvalue weighted by molar-refractivity contribution is -0.384. The van der Waals surface area contributed by atoms with E-state index in [1.165, 1.54) is 12.1 Å². The predicted octanol–water partition coefficient (Wildman–Crippen LogP) is 2.73. The van der Waals surface area contributed by atoms with E-state index in [1.807, 2.05) is 0 Å². The van der Waals surface area contributed by atoms with Gasteiger partial charge in [-0.25, -0.2) is 0 Å². The van der Waals surface area contributed by atoms with Gasteiger partial charge in [-0.3, -0.25) is 19.7 Å². The number of non-ortho nitro benzene ring substituents is 1. The van der Waals surface area contributed by atoms with Crippen molar-refractivity contribution < 1.29 is 14.8 Å². The number of nitro groups is 1. The third kappa shape index (κ3) is 3.22. The van der Waals surface area contributed by atoms with Crippen LogP contribution in [-0.2, 0) is 6.54 Å². The molecule has 0 aliphatic heterocycles. The molecule has 2 aromatic carbocycles. The van der Waals surface area contributed by atoms with Crippen molar-refractivity contribution in [3.8, 4) is 5.75 Å². The minimum Gasteiger partial charge on any atom is -0.506 e. The van der Waals surface area contributed by atoms with Gasteiger partial charge in [0.2, 0.25) is 0 Å². The number of carbonyl (C=O) groups is 1. The SMILES string of the molecule is O=C(NCc1ccccc1Cl)c1c(O)c2ccc([N+](=O)[O-])cc2[nH]c1=O. The van der Waals surface area contributed by atoms with Crippen molar-refractivity contribution in [3.63, 3.8) is 0 Å². The monoisotopic (exact) mass is 373 g/mol. The molecule has 3 rings (SSSR count). The van der Waals surface area contributed by atoms with Crippen LogP contribution in [0.3, 0.4) is 0 Å². The van der Waals surface area contributed by atoms with Gasteiger partial charge in [0.25, 0.3) is 17.2 Å². The molecule has 9 heteroatoms. The molecule has 0 radical (unpaired) electrons. The van der Waals surface area contributed by atoms with Crippen molar-refractivity contribution in [1.29, 1.82) is 0 Å². The lowest BCUT2D eigenvalue weighted by atomic mass is 10.1. The number of aromatic hydroxyl groups is 1. The molecular formula is C17H12ClN3O5. The largest absolute Gasteiger partial charge is 0.506 e. The summed E-state index contributed by atoms with van der Waals surface area (Å²) >= 11 is 6.01. The summed E-state index contributed by atoms with van der Waals surface area (Å²) in [6.45, 7) is 0.0652. The Morgan fingerprint density at radius 2 is 2.00 bits per heavy atom. The number of aromatic amines is 1. The van der Waals surface area contributed by atoms with Crippen LogP contribution >= 0.6 is 11.6 Å². The van der Waals surface area contributed by atoms with Gasteiger partial charge < -0.3 is 15.4 Å². The van der Waals surface area contributed by atoms with Gasteiger partial charge in [-0.2, -0.15) is 0 Å². The van der Waals surface area contributed by atoms with Gasteiger partial charge in [0.1, 0.15) is 11.3 Å². The van der Waals surface area contributed by atoms with Crippen LogP contribution in [0, 0.1) is 10.1 Å². The molecule has 132 valence electrons. The van der Waals surface area contributed by atoms with Gasteiger partial charge in [0.05, 0.1) is 10.4 Å². The highest BCUT2D eigenvalue weighted by atomic mass is 35.5. The van der Waals surface area contributed by atoms with Gasteiger partial charge in [-0.1, -0.05) is 29.8 Å². The van der Waals surface area contributed by atoms with Crippen LogP contribution in [0.4, 0.5) is 5.69 Å². The fourth-order valence-electron chi connectivity index (χ4n) is 2.50. The summed E-state index contributed by atoms with van der Waals surface area (Å²) in [7, 11) is 0. The molecule has 0 fully saturated rings. The zero-order chi connectivity index (χ0) is 18.8. The maximum atomic E-state index is 12.3. The number of fused-ring (bicyclic) bond motifs is 1. The van der Waals surface area contributed by atoms with Crippen molar-refractivity contribution in [1.82, 2.24) is 10.3 Å². The second kappa shape index (κ2) is 6.85. The summed E-state index contributed by atoms with van der Waals surface area (Å²) in [4.78, 5) is 37.1. The van der Waals surface area contributed by atoms with Gasteiger partial charge in [0.15, 0.2) is 0 Å². The van der Waals surface area contributed by atoms with Crippen molar-refractivity contribution in [3.05, 3.63) is 79.1 Å². The van der Waals surface area contributed by atoms with E-state index in [0.717, 1.165) is 6.07 Å². The lowest BCUT2D eigenvalue weighted by Gasteiger charge is -2.09. The van der Waals surface area contributed by atoms with Crippen LogP contribution in [-0.4, -0.2) is 20.9 Å². The van der Waals surface area contributed by atoms with E-state index in [-0.39, 0.29) is 23.1 Å². The highest BCUT2D eigenvalue weighted by Crippen LogP contribution is 2.27. The van der Waals surface area contributed by atoms with Crippen LogP contribution in [0.5, 0.6) is 5.75 Å². The number of pyridine rings is 1. The number of benzene rings is 2. The molecule has 0 atom stereocenters. The van der Waals surface area contributed by atoms with E-state index in [9.17, 15) is 24.8 Å². The zero-order valence-corrected chi connectivity index (χ0v) is 13.9. The number of H-pyrrole nitrogens is 1. The number of rotatable bonds is 4. The minimum absolute atomic E-state index is 0.0596. The third-order valence-electron chi connectivity index (χ3n) is 3.81. The summed E-state index contributed by atoms with van der Waals surface area (Å²) in [6, 6.07) is 10.4. The van der Waals surface area contributed by atoms with E-state index >= 15 is 0 Å². The number of hydrogen-bond donors (Lipinski definition) is 3. The molecule has 8 nitrogen and oxygen atoms in total. The van der Waals surface area contributed by atoms with E-state index < -0.39 is 27.7 Å². The van der Waals surface area contributed by atoms with Gasteiger partial charge in [0, 0.05) is 29.1 Å². The lowest BCUT2D eigenvalue weighted by Crippen LogP contribution is -2.29. The first-order chi connectivity index (χ1) is 12.4. The summed E-state index contributed by atoms with van der Waals surface area (Å²) in [5.41, 5.74) is -0.867. The molecule has 1 aromatic heterocycles. The molecule has 1 amide bonds. The summed E-state index contributed by atoms with van der Waals surface area (Å²) < 4.78 is 0. The average Bonchev–Trinajstić information content (AvgIpc) is 2.60. The Balaban J connectivity index is 1.95. The first-order valence-corrected chi connectivity index (χ1v) is 7.81. The summed E-state index contributed by atoms with van der Waals surface area (Å²) in [5, 5.41) is 24.2. The molecule has 1 heterocycles. The second-order valence-corrected chi connectivity index (χ2v) is 5.85. The zero-order valence-electron chi connectivity index (χ0n) is 13.2. The Morgan fingerprint density at radius 3 is 2.69 bits per heavy atom. The quantitative estimate of drug-likeness (QED) is 0.479. The molecular weight excluding hydrogens is 362 g/mol. The molecule has 0 saturated heterocycles. The Labute approximate surface area is 151 Å². The van der Waals surface area contributed by atoms with E-state index in [2.05, 4.69) is 10.3 Å². The Morgan fingerprint density at radius 1 is 1.27 bits per heavy atom. The van der Waals surface area contributed by atoms with E-state index in [0.29, 0.717) is 10.6 Å². The normalized spacial score (nSPS) is 10.7. The molecule has 0 aliphatic carbocycles. The Bertz CT molecular complexity index is 1090. The number of nitrogens with zero attached hydrogens (tertiary/aromatic N) is 1. The van der Waals surface area contributed by atoms with E-state index in [1.54, 1.807) is 24.3 Å². The minimum atomic E-state index is -0.854. The topological polar surface area (TPSA) is 125 Å². The maximum absolute atomic E-state index is 12.3. The first kappa shape index (κ1) is 17.4. The van der Waals surface area contributed by atoms with Crippen LogP contribution in [0.1, 0.15) is 15.9 Å². The van der Waals surface area contributed by atoms with Crippen molar-refractivity contribution in [2.45, 2.75) is 6.54 Å². The molecule has 0 bridgehead atoms. The predicted molar refractivity (Wildman–Crippen MR) is 95.5 cm³/mol. The molecule has 0 unspecified atom stereocenters. The fraction of sp³-hybridized carbons (Fsp3) is 0.0588. The molecule has 3 aromatic rings. The summed E-state index contributed by atoms with van der Waals surface area (Å²) in [6.07, 6.45) is 0. The molecule has 0 aliphatic rings. The smallest absolute Gasteiger partial charge is 0.271 e. The number of carbonyl (C=O) groups excluding carboxylic acids is 1. The number of nitrogens with one attached hydrogen (secondary N) is 2. The highest BCUT2D eigenvalue weighted by molar-refractivity contribution is 6.31. The number of halogens is 1. The van der Waals surface area contributed by atoms with Gasteiger partial charge in [-0.05, 0) is 17.7 Å². The van der Waals surface area contributed by atoms with Crippen molar-refractivity contribution in [2.24, 2.45) is 0 Å². The molecule has 0 spiro atoms. The first-order valence-electron chi connectivity index (χ1n) is 7.43. The third-order valence-corrected chi connectivity index (χ3v) is 4.17. The Kier molecular flexibility index (Phi) is 4.59. The summed E-state index contributed by atoms with van der Waals surface area (Å²) in [5.74, 6) is -1.33. The number of amides is 1. The van der Waals surface area contributed by atoms with Crippen LogP contribution < -0.4 is 10.9 Å². The fourth-order valence-corrected chi connectivity index (χ4v) is 2.70. The highest BCUT2D eigenvalue weighted by Gasteiger charge is 2.20. The van der Waals surface area contributed by atoms with Crippen LogP contribution in [0.2, 0.25) is 5.02 Å². The standard InChI is InChI=1S/C17H12ClN3O5/c18-12-4-2-1-3-9(12)8-19-16(23)14-15(22)11-6-5-10(21(25)26)7-13(11)20-17(14)24/h1-7H,8H2,(H,19,23)(H2,20,22,24). The molecule has 26 heavy (non-hydrogen) atoms. The average molecular weight is 374 g/mol. The number of aromatic nitrogens is 1. The second-order valence-electron chi connectivity index (χ2n) is 5.44. The number of nitro benzene ring substituents is 1. The van der Waals surface area contributed by atoms with Gasteiger partial charge >= 0.3 is 0 Å². The van der Waals surface area contributed by atoms with Crippen LogP contribution in [0.15, 0.2) is 47.3 Å². The maximum Gasteiger partial charge on any atom is 0.271 e. The molecule has 3 N–H and O–H groups in total. The Hall–Kier alpha value is -3.39.